The first kappa shape index (κ1) is 19.0. The molecule has 1 heterocycles. The highest BCUT2D eigenvalue weighted by Gasteiger charge is 2.36. The largest absolute Gasteiger partial charge is 0.495 e. The van der Waals surface area contributed by atoms with Crippen molar-refractivity contribution in [2.75, 3.05) is 7.11 Å². The third kappa shape index (κ3) is 4.71. The fourth-order valence-electron chi connectivity index (χ4n) is 3.13. The zero-order chi connectivity index (χ0) is 19.4. The van der Waals surface area contributed by atoms with Gasteiger partial charge in [0.25, 0.3) is 5.91 Å². The van der Waals surface area contributed by atoms with Crippen molar-refractivity contribution in [2.24, 2.45) is 5.92 Å². The van der Waals surface area contributed by atoms with Crippen LogP contribution in [0.15, 0.2) is 42.7 Å². The van der Waals surface area contributed by atoms with Gasteiger partial charge in [0, 0.05) is 11.8 Å². The molecule has 0 aliphatic heterocycles. The molecule has 0 unspecified atom stereocenters. The SMILES string of the molecule is COc1cncc([C@H](NC(=O)c2cccc(OC(F)F)c2)C2CC(O)C2)c1. The molecule has 1 aliphatic carbocycles. The number of carbonyl (C=O) groups excluding carboxylic acids is 1. The van der Waals surface area contributed by atoms with E-state index in [4.69, 9.17) is 4.74 Å². The van der Waals surface area contributed by atoms with E-state index in [2.05, 4.69) is 15.0 Å². The van der Waals surface area contributed by atoms with Gasteiger partial charge < -0.3 is 19.9 Å². The normalized spacial score (nSPS) is 19.9. The van der Waals surface area contributed by atoms with Gasteiger partial charge in [-0.15, -0.1) is 0 Å². The summed E-state index contributed by atoms with van der Waals surface area (Å²) < 4.78 is 34.3. The number of rotatable bonds is 7. The number of nitrogens with one attached hydrogen (secondary N) is 1. The maximum Gasteiger partial charge on any atom is 0.387 e. The highest BCUT2D eigenvalue weighted by Crippen LogP contribution is 2.38. The molecule has 0 spiro atoms. The maximum absolute atomic E-state index is 12.7. The number of halogens is 2. The van der Waals surface area contributed by atoms with E-state index in [0.29, 0.717) is 18.6 Å². The summed E-state index contributed by atoms with van der Waals surface area (Å²) in [5.41, 5.74) is 0.952. The van der Waals surface area contributed by atoms with Gasteiger partial charge in [-0.1, -0.05) is 6.07 Å². The monoisotopic (exact) mass is 378 g/mol. The number of hydrogen-bond acceptors (Lipinski definition) is 5. The summed E-state index contributed by atoms with van der Waals surface area (Å²) in [5, 5.41) is 12.6. The molecule has 3 rings (SSSR count). The topological polar surface area (TPSA) is 80.7 Å². The predicted molar refractivity (Wildman–Crippen MR) is 92.8 cm³/mol. The third-order valence-electron chi connectivity index (χ3n) is 4.56. The van der Waals surface area contributed by atoms with Gasteiger partial charge in [0.05, 0.1) is 25.5 Å². The average Bonchev–Trinajstić information content (AvgIpc) is 2.63. The van der Waals surface area contributed by atoms with Crippen LogP contribution in [0.2, 0.25) is 0 Å². The van der Waals surface area contributed by atoms with Crippen molar-refractivity contribution in [1.29, 1.82) is 0 Å². The summed E-state index contributed by atoms with van der Waals surface area (Å²) in [7, 11) is 1.52. The van der Waals surface area contributed by atoms with E-state index in [9.17, 15) is 18.7 Å². The van der Waals surface area contributed by atoms with Crippen LogP contribution in [0.25, 0.3) is 0 Å². The molecule has 27 heavy (non-hydrogen) atoms. The number of carbonyl (C=O) groups is 1. The molecule has 2 aromatic rings. The van der Waals surface area contributed by atoms with E-state index in [0.717, 1.165) is 5.56 Å². The zero-order valence-corrected chi connectivity index (χ0v) is 14.6. The van der Waals surface area contributed by atoms with E-state index in [1.165, 1.54) is 31.4 Å². The highest BCUT2D eigenvalue weighted by molar-refractivity contribution is 5.94. The highest BCUT2D eigenvalue weighted by atomic mass is 19.3. The Bertz CT molecular complexity index is 797. The van der Waals surface area contributed by atoms with Gasteiger partial charge in [-0.05, 0) is 48.6 Å². The van der Waals surface area contributed by atoms with E-state index < -0.39 is 18.6 Å². The Labute approximate surface area is 155 Å². The van der Waals surface area contributed by atoms with Gasteiger partial charge in [-0.25, -0.2) is 0 Å². The molecule has 1 fully saturated rings. The second-order valence-corrected chi connectivity index (χ2v) is 6.40. The van der Waals surface area contributed by atoms with Gasteiger partial charge in [0.1, 0.15) is 11.5 Å². The van der Waals surface area contributed by atoms with Crippen LogP contribution in [-0.2, 0) is 0 Å². The van der Waals surface area contributed by atoms with Crippen molar-refractivity contribution in [2.45, 2.75) is 31.6 Å². The summed E-state index contributed by atoms with van der Waals surface area (Å²) in [6, 6.07) is 7.00. The molecule has 0 saturated heterocycles. The van der Waals surface area contributed by atoms with Crippen LogP contribution < -0.4 is 14.8 Å². The number of nitrogens with zero attached hydrogens (tertiary/aromatic N) is 1. The van der Waals surface area contributed by atoms with Crippen LogP contribution in [0.1, 0.15) is 34.8 Å². The van der Waals surface area contributed by atoms with Crippen LogP contribution in [0.3, 0.4) is 0 Å². The van der Waals surface area contributed by atoms with Crippen molar-refractivity contribution in [3.63, 3.8) is 0 Å². The molecule has 6 nitrogen and oxygen atoms in total. The Kier molecular flexibility index (Phi) is 5.85. The van der Waals surface area contributed by atoms with Crippen molar-refractivity contribution in [1.82, 2.24) is 10.3 Å². The van der Waals surface area contributed by atoms with E-state index in [1.807, 2.05) is 0 Å². The lowest BCUT2D eigenvalue weighted by molar-refractivity contribution is -0.0498. The second-order valence-electron chi connectivity index (χ2n) is 6.40. The number of aromatic nitrogens is 1. The summed E-state index contributed by atoms with van der Waals surface area (Å²) in [5.74, 6) is 0.0811. The van der Waals surface area contributed by atoms with Crippen LogP contribution in [-0.4, -0.2) is 35.8 Å². The number of methoxy groups -OCH3 is 1. The molecule has 0 bridgehead atoms. The first-order valence-electron chi connectivity index (χ1n) is 8.49. The summed E-state index contributed by atoms with van der Waals surface area (Å²) in [4.78, 5) is 16.8. The predicted octanol–water partition coefficient (Wildman–Crippen LogP) is 2.93. The van der Waals surface area contributed by atoms with Crippen molar-refractivity contribution in [3.05, 3.63) is 53.9 Å². The Morgan fingerprint density at radius 1 is 1.26 bits per heavy atom. The van der Waals surface area contributed by atoms with Crippen LogP contribution >= 0.6 is 0 Å². The molecular weight excluding hydrogens is 358 g/mol. The van der Waals surface area contributed by atoms with Crippen LogP contribution in [0, 0.1) is 5.92 Å². The smallest absolute Gasteiger partial charge is 0.387 e. The Hall–Kier alpha value is -2.74. The molecule has 144 valence electrons. The number of pyridine rings is 1. The lowest BCUT2D eigenvalue weighted by Crippen LogP contribution is -2.41. The number of amides is 1. The van der Waals surface area contributed by atoms with E-state index in [1.54, 1.807) is 18.5 Å². The average molecular weight is 378 g/mol. The first-order chi connectivity index (χ1) is 13.0. The quantitative estimate of drug-likeness (QED) is 0.774. The number of alkyl halides is 2. The summed E-state index contributed by atoms with van der Waals surface area (Å²) in [6.45, 7) is -2.96. The number of benzene rings is 1. The van der Waals surface area contributed by atoms with Crippen molar-refractivity contribution < 1.29 is 28.2 Å². The standard InChI is InChI=1S/C19H20F2N2O4/c1-26-16-8-13(9-22-10-16)17(12-5-14(24)6-12)23-18(25)11-3-2-4-15(7-11)27-19(20)21/h2-4,7-10,12,14,17,19,24H,5-6H2,1H3,(H,23,25)/t12?,14?,17-/m1/s1. The van der Waals surface area contributed by atoms with Gasteiger partial charge in [0.2, 0.25) is 0 Å². The first-order valence-corrected chi connectivity index (χ1v) is 8.49. The van der Waals surface area contributed by atoms with Crippen molar-refractivity contribution in [3.8, 4) is 11.5 Å². The minimum absolute atomic E-state index is 0.0401. The van der Waals surface area contributed by atoms with Gasteiger partial charge in [-0.3, -0.25) is 9.78 Å². The molecule has 2 N–H and O–H groups in total. The number of ether oxygens (including phenoxy) is 2. The third-order valence-corrected chi connectivity index (χ3v) is 4.56. The van der Waals surface area contributed by atoms with Crippen LogP contribution in [0.4, 0.5) is 8.78 Å². The van der Waals surface area contributed by atoms with Crippen molar-refractivity contribution >= 4 is 5.91 Å². The lowest BCUT2D eigenvalue weighted by Gasteiger charge is -2.38. The van der Waals surface area contributed by atoms with Gasteiger partial charge in [0.15, 0.2) is 0 Å². The Balaban J connectivity index is 1.80. The minimum atomic E-state index is -2.96. The minimum Gasteiger partial charge on any atom is -0.495 e. The molecule has 1 aromatic carbocycles. The van der Waals surface area contributed by atoms with Gasteiger partial charge in [-0.2, -0.15) is 8.78 Å². The molecule has 1 saturated carbocycles. The molecule has 0 radical (unpaired) electrons. The fraction of sp³-hybridized carbons (Fsp3) is 0.368. The lowest BCUT2D eigenvalue weighted by atomic mass is 9.75. The zero-order valence-electron chi connectivity index (χ0n) is 14.6. The summed E-state index contributed by atoms with van der Waals surface area (Å²) >= 11 is 0. The maximum atomic E-state index is 12.7. The van der Waals surface area contributed by atoms with E-state index >= 15 is 0 Å². The van der Waals surface area contributed by atoms with E-state index in [-0.39, 0.29) is 23.3 Å². The second kappa shape index (κ2) is 8.30. The number of aliphatic hydroxyl groups is 1. The molecule has 1 aromatic heterocycles. The molecule has 1 aliphatic rings. The Morgan fingerprint density at radius 2 is 2.04 bits per heavy atom. The Morgan fingerprint density at radius 3 is 2.70 bits per heavy atom. The fourth-order valence-corrected chi connectivity index (χ4v) is 3.13. The molecule has 1 atom stereocenters. The van der Waals surface area contributed by atoms with Crippen LogP contribution in [0.5, 0.6) is 11.5 Å². The number of hydrogen-bond donors (Lipinski definition) is 2. The molecule has 8 heteroatoms. The molecular formula is C19H20F2N2O4. The molecule has 1 amide bonds. The summed E-state index contributed by atoms with van der Waals surface area (Å²) in [6.07, 6.45) is 3.90. The number of aliphatic hydroxyl groups excluding tert-OH is 1. The van der Waals surface area contributed by atoms with Gasteiger partial charge >= 0.3 is 6.61 Å².